The van der Waals surface area contributed by atoms with Crippen LogP contribution >= 0.6 is 11.3 Å². The number of hydrogen-bond donors (Lipinski definition) is 2. The monoisotopic (exact) mass is 212 g/mol. The molecule has 0 aliphatic heterocycles. The lowest BCUT2D eigenvalue weighted by Crippen LogP contribution is -2.33. The van der Waals surface area contributed by atoms with Crippen molar-refractivity contribution in [2.75, 3.05) is 13.1 Å². The lowest BCUT2D eigenvalue weighted by Gasteiger charge is -2.04. The van der Waals surface area contributed by atoms with Crippen LogP contribution in [0.3, 0.4) is 0 Å². The fourth-order valence-corrected chi connectivity index (χ4v) is 1.92. The average molecular weight is 212 g/mol. The summed E-state index contributed by atoms with van der Waals surface area (Å²) in [7, 11) is 0. The van der Waals surface area contributed by atoms with Crippen LogP contribution in [0.1, 0.15) is 18.1 Å². The number of rotatable bonds is 5. The maximum absolute atomic E-state index is 11.2. The molecule has 0 aliphatic carbocycles. The number of amides is 1. The van der Waals surface area contributed by atoms with Crippen LogP contribution in [0.2, 0.25) is 0 Å². The van der Waals surface area contributed by atoms with E-state index in [1.807, 2.05) is 6.92 Å². The molecule has 14 heavy (non-hydrogen) atoms. The third-order valence-electron chi connectivity index (χ3n) is 1.97. The molecular weight excluding hydrogens is 196 g/mol. The predicted octanol–water partition coefficient (Wildman–Crippen LogP) is 1.28. The molecule has 1 heterocycles. The van der Waals surface area contributed by atoms with Crippen molar-refractivity contribution in [3.8, 4) is 0 Å². The molecule has 0 saturated heterocycles. The van der Waals surface area contributed by atoms with Gasteiger partial charge in [0.1, 0.15) is 0 Å². The summed E-state index contributed by atoms with van der Waals surface area (Å²) in [6, 6.07) is 0. The first-order valence-corrected chi connectivity index (χ1v) is 5.67. The van der Waals surface area contributed by atoms with Gasteiger partial charge in [0.05, 0.1) is 6.54 Å². The normalized spacial score (nSPS) is 10.1. The fourth-order valence-electron chi connectivity index (χ4n) is 1.06. The van der Waals surface area contributed by atoms with Crippen LogP contribution in [0, 0.1) is 6.92 Å². The van der Waals surface area contributed by atoms with Crippen molar-refractivity contribution in [2.24, 2.45) is 0 Å². The van der Waals surface area contributed by atoms with E-state index in [1.165, 1.54) is 11.1 Å². The second-order valence-corrected chi connectivity index (χ2v) is 3.88. The summed E-state index contributed by atoms with van der Waals surface area (Å²) in [5, 5.41) is 10.0. The Morgan fingerprint density at radius 1 is 1.50 bits per heavy atom. The highest BCUT2D eigenvalue weighted by Gasteiger charge is 2.02. The van der Waals surface area contributed by atoms with E-state index in [2.05, 4.69) is 28.3 Å². The van der Waals surface area contributed by atoms with E-state index in [4.69, 9.17) is 0 Å². The topological polar surface area (TPSA) is 41.1 Å². The first-order chi connectivity index (χ1) is 6.74. The van der Waals surface area contributed by atoms with Crippen LogP contribution in [0.15, 0.2) is 10.8 Å². The zero-order valence-corrected chi connectivity index (χ0v) is 9.41. The quantitative estimate of drug-likeness (QED) is 0.772. The molecule has 0 bridgehead atoms. The van der Waals surface area contributed by atoms with Crippen LogP contribution in [0.25, 0.3) is 0 Å². The summed E-state index contributed by atoms with van der Waals surface area (Å²) in [6.07, 6.45) is 0. The van der Waals surface area contributed by atoms with Crippen molar-refractivity contribution < 1.29 is 4.79 Å². The molecule has 1 amide bonds. The number of aryl methyl sites for hydroxylation is 1. The van der Waals surface area contributed by atoms with Gasteiger partial charge in [-0.3, -0.25) is 4.79 Å². The average Bonchev–Trinajstić information content (AvgIpc) is 2.58. The van der Waals surface area contributed by atoms with Gasteiger partial charge in [-0.25, -0.2) is 0 Å². The van der Waals surface area contributed by atoms with E-state index in [0.717, 1.165) is 6.54 Å². The molecule has 78 valence electrons. The van der Waals surface area contributed by atoms with Crippen molar-refractivity contribution in [3.63, 3.8) is 0 Å². The number of likely N-dealkylation sites (N-methyl/N-ethyl adjacent to an activating group) is 1. The Labute approximate surface area is 88.5 Å². The van der Waals surface area contributed by atoms with Gasteiger partial charge in [0, 0.05) is 6.54 Å². The zero-order valence-electron chi connectivity index (χ0n) is 8.59. The van der Waals surface area contributed by atoms with Gasteiger partial charge in [-0.15, -0.1) is 0 Å². The van der Waals surface area contributed by atoms with Crippen LogP contribution in [0.4, 0.5) is 0 Å². The van der Waals surface area contributed by atoms with Crippen molar-refractivity contribution in [2.45, 2.75) is 20.4 Å². The Balaban J connectivity index is 2.27. The number of carbonyl (C=O) groups excluding carboxylic acids is 1. The first-order valence-electron chi connectivity index (χ1n) is 4.73. The van der Waals surface area contributed by atoms with E-state index in [-0.39, 0.29) is 5.91 Å². The number of hydrogen-bond acceptors (Lipinski definition) is 3. The van der Waals surface area contributed by atoms with E-state index < -0.39 is 0 Å². The molecule has 0 radical (unpaired) electrons. The lowest BCUT2D eigenvalue weighted by molar-refractivity contribution is -0.120. The summed E-state index contributed by atoms with van der Waals surface area (Å²) < 4.78 is 0. The Hall–Kier alpha value is -0.870. The Morgan fingerprint density at radius 2 is 2.29 bits per heavy atom. The van der Waals surface area contributed by atoms with Gasteiger partial charge >= 0.3 is 0 Å². The smallest absolute Gasteiger partial charge is 0.234 e. The SMILES string of the molecule is CCNCC(=O)NCc1cscc1C. The largest absolute Gasteiger partial charge is 0.351 e. The van der Waals surface area contributed by atoms with Crippen LogP contribution in [-0.4, -0.2) is 19.0 Å². The van der Waals surface area contributed by atoms with Gasteiger partial charge in [-0.1, -0.05) is 6.92 Å². The molecule has 1 aromatic heterocycles. The highest BCUT2D eigenvalue weighted by atomic mass is 32.1. The van der Waals surface area contributed by atoms with Crippen LogP contribution in [-0.2, 0) is 11.3 Å². The Bertz CT molecular complexity index is 296. The van der Waals surface area contributed by atoms with Gasteiger partial charge in [-0.05, 0) is 35.4 Å². The number of nitrogens with one attached hydrogen (secondary N) is 2. The predicted molar refractivity (Wildman–Crippen MR) is 59.4 cm³/mol. The summed E-state index contributed by atoms with van der Waals surface area (Å²) >= 11 is 1.67. The van der Waals surface area contributed by atoms with E-state index in [0.29, 0.717) is 13.1 Å². The third kappa shape index (κ3) is 3.47. The van der Waals surface area contributed by atoms with Crippen molar-refractivity contribution >= 4 is 17.2 Å². The molecule has 0 spiro atoms. The summed E-state index contributed by atoms with van der Waals surface area (Å²) in [6.45, 7) is 5.91. The molecule has 1 aromatic rings. The lowest BCUT2D eigenvalue weighted by atomic mass is 10.2. The minimum atomic E-state index is 0.0532. The highest BCUT2D eigenvalue weighted by Crippen LogP contribution is 2.12. The fraction of sp³-hybridized carbons (Fsp3) is 0.500. The van der Waals surface area contributed by atoms with Gasteiger partial charge in [-0.2, -0.15) is 11.3 Å². The molecule has 0 aliphatic rings. The second kappa shape index (κ2) is 5.78. The highest BCUT2D eigenvalue weighted by molar-refractivity contribution is 7.08. The van der Waals surface area contributed by atoms with E-state index in [1.54, 1.807) is 11.3 Å². The summed E-state index contributed by atoms with van der Waals surface area (Å²) in [5.41, 5.74) is 2.46. The molecular formula is C10H16N2OS. The number of thiophene rings is 1. The molecule has 1 rings (SSSR count). The second-order valence-electron chi connectivity index (χ2n) is 3.14. The Morgan fingerprint density at radius 3 is 2.86 bits per heavy atom. The Kier molecular flexibility index (Phi) is 4.62. The molecule has 2 N–H and O–H groups in total. The van der Waals surface area contributed by atoms with Gasteiger partial charge in [0.2, 0.25) is 5.91 Å². The maximum atomic E-state index is 11.2. The van der Waals surface area contributed by atoms with Gasteiger partial charge < -0.3 is 10.6 Å². The molecule has 0 atom stereocenters. The molecule has 0 aromatic carbocycles. The summed E-state index contributed by atoms with van der Waals surface area (Å²) in [4.78, 5) is 11.2. The van der Waals surface area contributed by atoms with E-state index >= 15 is 0 Å². The molecule has 0 unspecified atom stereocenters. The maximum Gasteiger partial charge on any atom is 0.234 e. The standard InChI is InChI=1S/C10H16N2OS/c1-3-11-5-10(13)12-4-9-7-14-6-8(9)2/h6-7,11H,3-5H2,1-2H3,(H,12,13). The molecule has 0 saturated carbocycles. The van der Waals surface area contributed by atoms with Crippen LogP contribution < -0.4 is 10.6 Å². The third-order valence-corrected chi connectivity index (χ3v) is 2.88. The van der Waals surface area contributed by atoms with Crippen molar-refractivity contribution in [1.82, 2.24) is 10.6 Å². The molecule has 0 fully saturated rings. The first kappa shape index (κ1) is 11.2. The van der Waals surface area contributed by atoms with Crippen molar-refractivity contribution in [3.05, 3.63) is 21.9 Å². The zero-order chi connectivity index (χ0) is 10.4. The van der Waals surface area contributed by atoms with Gasteiger partial charge in [0.25, 0.3) is 0 Å². The minimum Gasteiger partial charge on any atom is -0.351 e. The summed E-state index contributed by atoms with van der Waals surface area (Å²) in [5.74, 6) is 0.0532. The molecule has 4 heteroatoms. The van der Waals surface area contributed by atoms with Gasteiger partial charge in [0.15, 0.2) is 0 Å². The minimum absolute atomic E-state index is 0.0532. The van der Waals surface area contributed by atoms with Crippen molar-refractivity contribution in [1.29, 1.82) is 0 Å². The number of carbonyl (C=O) groups is 1. The molecule has 3 nitrogen and oxygen atoms in total. The van der Waals surface area contributed by atoms with E-state index in [9.17, 15) is 4.79 Å². The van der Waals surface area contributed by atoms with Crippen LogP contribution in [0.5, 0.6) is 0 Å².